The van der Waals surface area contributed by atoms with Crippen LogP contribution in [0, 0.1) is 0 Å². The summed E-state index contributed by atoms with van der Waals surface area (Å²) < 4.78 is 15.8. The molecule has 0 saturated carbocycles. The Morgan fingerprint density at radius 2 is 2.25 bits per heavy atom. The highest BCUT2D eigenvalue weighted by Crippen LogP contribution is 2.24. The smallest absolute Gasteiger partial charge is 0.488 e. The molecule has 0 atom stereocenters. The Morgan fingerprint density at radius 1 is 1.50 bits per heavy atom. The Kier molecular flexibility index (Phi) is 4.35. The van der Waals surface area contributed by atoms with E-state index < -0.39 is 12.7 Å². The van der Waals surface area contributed by atoms with Gasteiger partial charge in [-0.3, -0.25) is 4.79 Å². The van der Waals surface area contributed by atoms with Crippen LogP contribution in [0.3, 0.4) is 0 Å². The number of hydrogen-bond acceptors (Lipinski definition) is 5. The van der Waals surface area contributed by atoms with E-state index in [2.05, 4.69) is 4.74 Å². The normalized spacial score (nSPS) is 14.1. The topological polar surface area (TPSA) is 65.0 Å². The Bertz CT molecular complexity index is 500. The third-order valence-corrected chi connectivity index (χ3v) is 3.35. The molecule has 108 valence electrons. The molecule has 2 rings (SSSR count). The van der Waals surface area contributed by atoms with Crippen LogP contribution >= 0.6 is 0 Å². The van der Waals surface area contributed by atoms with Crippen molar-refractivity contribution < 1.29 is 23.9 Å². The van der Waals surface area contributed by atoms with Gasteiger partial charge in [0.15, 0.2) is 0 Å². The summed E-state index contributed by atoms with van der Waals surface area (Å²) in [5.74, 6) is 0.339. The molecule has 0 radical (unpaired) electrons. The van der Waals surface area contributed by atoms with Crippen LogP contribution in [0.1, 0.15) is 32.3 Å². The Hall–Kier alpha value is -1.53. The van der Waals surface area contributed by atoms with Crippen LogP contribution in [0.4, 0.5) is 0 Å². The van der Waals surface area contributed by atoms with E-state index in [-0.39, 0.29) is 12.4 Å². The molecule has 0 amide bonds. The quantitative estimate of drug-likeness (QED) is 0.643. The zero-order chi connectivity index (χ0) is 14.8. The molecule has 0 aromatic heterocycles. The fourth-order valence-corrected chi connectivity index (χ4v) is 2.19. The summed E-state index contributed by atoms with van der Waals surface area (Å²) >= 11 is 0. The lowest BCUT2D eigenvalue weighted by atomic mass is 9.78. The molecule has 0 aliphatic carbocycles. The van der Waals surface area contributed by atoms with E-state index >= 15 is 0 Å². The number of esters is 1. The molecule has 1 aliphatic rings. The van der Waals surface area contributed by atoms with Crippen LogP contribution in [0.15, 0.2) is 18.2 Å². The Morgan fingerprint density at radius 3 is 2.95 bits per heavy atom. The van der Waals surface area contributed by atoms with Gasteiger partial charge in [-0.2, -0.15) is 0 Å². The van der Waals surface area contributed by atoms with Crippen LogP contribution < -0.4 is 10.2 Å². The molecular weight excluding hydrogens is 259 g/mol. The number of methoxy groups -OCH3 is 1. The van der Waals surface area contributed by atoms with Crippen LogP contribution in [0.2, 0.25) is 0 Å². The number of fused-ring (bicyclic) bond motifs is 1. The van der Waals surface area contributed by atoms with E-state index in [9.17, 15) is 9.82 Å². The second-order valence-electron chi connectivity index (χ2n) is 5.43. The number of benzene rings is 1. The number of carbonyl (C=O) groups excluding carboxylic acids is 1. The van der Waals surface area contributed by atoms with E-state index in [1.165, 1.54) is 7.11 Å². The first-order valence-electron chi connectivity index (χ1n) is 6.60. The maximum absolute atomic E-state index is 11.2. The highest BCUT2D eigenvalue weighted by molar-refractivity contribution is 6.62. The summed E-state index contributed by atoms with van der Waals surface area (Å²) in [6, 6.07) is 5.57. The van der Waals surface area contributed by atoms with Crippen molar-refractivity contribution in [3.05, 3.63) is 23.8 Å². The molecule has 0 spiro atoms. The van der Waals surface area contributed by atoms with Crippen LogP contribution in [-0.2, 0) is 20.8 Å². The van der Waals surface area contributed by atoms with E-state index in [1.807, 2.05) is 26.0 Å². The van der Waals surface area contributed by atoms with Crippen LogP contribution in [-0.4, -0.2) is 30.8 Å². The maximum Gasteiger partial charge on any atom is 0.495 e. The largest absolute Gasteiger partial charge is 0.495 e. The summed E-state index contributed by atoms with van der Waals surface area (Å²) in [4.78, 5) is 11.2. The Labute approximate surface area is 119 Å². The molecule has 1 N–H and O–H groups in total. The number of rotatable bonds is 5. The average Bonchev–Trinajstić information content (AvgIpc) is 2.79. The molecule has 0 fully saturated rings. The molecule has 0 saturated heterocycles. The summed E-state index contributed by atoms with van der Waals surface area (Å²) in [5.41, 5.74) is 1.07. The highest BCUT2D eigenvalue weighted by atomic mass is 16.5. The lowest BCUT2D eigenvalue weighted by Gasteiger charge is -2.27. The molecule has 5 nitrogen and oxygen atoms in total. The summed E-state index contributed by atoms with van der Waals surface area (Å²) in [5, 5.41) is 9.84. The minimum absolute atomic E-state index is 0.261. The van der Waals surface area contributed by atoms with Crippen molar-refractivity contribution in [2.75, 3.05) is 7.11 Å². The highest BCUT2D eigenvalue weighted by Gasteiger charge is 2.33. The molecule has 20 heavy (non-hydrogen) atoms. The minimum atomic E-state index is -0.947. The molecule has 1 aromatic rings. The van der Waals surface area contributed by atoms with Crippen LogP contribution in [0.25, 0.3) is 0 Å². The van der Waals surface area contributed by atoms with Gasteiger partial charge in [0.1, 0.15) is 11.4 Å². The molecule has 1 aliphatic heterocycles. The van der Waals surface area contributed by atoms with Gasteiger partial charge in [0.2, 0.25) is 0 Å². The molecular formula is C14H19BO5. The molecule has 1 aromatic carbocycles. The fourth-order valence-electron chi connectivity index (χ4n) is 2.19. The third-order valence-electron chi connectivity index (χ3n) is 3.35. The van der Waals surface area contributed by atoms with Crippen molar-refractivity contribution >= 4 is 18.6 Å². The molecule has 0 unspecified atom stereocenters. The number of hydrogen-bond donors (Lipinski definition) is 1. The summed E-state index contributed by atoms with van der Waals surface area (Å²) in [7, 11) is 0.422. The average molecular weight is 278 g/mol. The molecule has 6 heteroatoms. The second-order valence-corrected chi connectivity index (χ2v) is 5.43. The van der Waals surface area contributed by atoms with Gasteiger partial charge in [-0.25, -0.2) is 0 Å². The second kappa shape index (κ2) is 5.85. The standard InChI is InChI=1S/C14H19BO5/c1-14(2,8-7-12(16)18-3)20-11-6-4-5-10-9-19-15(17)13(10)11/h4-6,17H,7-9H2,1-3H3. The maximum atomic E-state index is 11.2. The van der Waals surface area contributed by atoms with Gasteiger partial charge >= 0.3 is 13.1 Å². The first-order chi connectivity index (χ1) is 9.43. The lowest BCUT2D eigenvalue weighted by Crippen LogP contribution is -2.35. The molecule has 1 heterocycles. The van der Waals surface area contributed by atoms with Gasteiger partial charge in [0, 0.05) is 11.9 Å². The zero-order valence-corrected chi connectivity index (χ0v) is 12.0. The van der Waals surface area contributed by atoms with E-state index in [0.717, 1.165) is 5.56 Å². The Balaban J connectivity index is 2.10. The van der Waals surface area contributed by atoms with Crippen molar-refractivity contribution in [1.82, 2.24) is 0 Å². The first kappa shape index (κ1) is 14.9. The van der Waals surface area contributed by atoms with Crippen molar-refractivity contribution in [3.63, 3.8) is 0 Å². The van der Waals surface area contributed by atoms with E-state index in [0.29, 0.717) is 24.2 Å². The fraction of sp³-hybridized carbons (Fsp3) is 0.500. The number of ether oxygens (including phenoxy) is 2. The lowest BCUT2D eigenvalue weighted by molar-refractivity contribution is -0.141. The van der Waals surface area contributed by atoms with Crippen molar-refractivity contribution in [2.45, 2.75) is 38.9 Å². The predicted octanol–water partition coefficient (Wildman–Crippen LogP) is 1.01. The van der Waals surface area contributed by atoms with Gasteiger partial charge in [-0.05, 0) is 31.9 Å². The van der Waals surface area contributed by atoms with E-state index in [1.54, 1.807) is 6.07 Å². The van der Waals surface area contributed by atoms with Crippen molar-refractivity contribution in [1.29, 1.82) is 0 Å². The summed E-state index contributed by atoms with van der Waals surface area (Å²) in [6.45, 7) is 4.19. The van der Waals surface area contributed by atoms with Gasteiger partial charge in [-0.1, -0.05) is 12.1 Å². The SMILES string of the molecule is COC(=O)CCC(C)(C)Oc1cccc2c1B(O)OC2. The summed E-state index contributed by atoms with van der Waals surface area (Å²) in [6.07, 6.45) is 0.817. The zero-order valence-electron chi connectivity index (χ0n) is 12.0. The van der Waals surface area contributed by atoms with E-state index in [4.69, 9.17) is 9.39 Å². The monoisotopic (exact) mass is 278 g/mol. The predicted molar refractivity (Wildman–Crippen MR) is 74.8 cm³/mol. The minimum Gasteiger partial charge on any atom is -0.488 e. The first-order valence-corrected chi connectivity index (χ1v) is 6.60. The van der Waals surface area contributed by atoms with Crippen molar-refractivity contribution in [2.24, 2.45) is 0 Å². The van der Waals surface area contributed by atoms with Crippen molar-refractivity contribution in [3.8, 4) is 5.75 Å². The van der Waals surface area contributed by atoms with Crippen LogP contribution in [0.5, 0.6) is 5.75 Å². The van der Waals surface area contributed by atoms with Gasteiger partial charge in [0.25, 0.3) is 0 Å². The van der Waals surface area contributed by atoms with Gasteiger partial charge in [-0.15, -0.1) is 0 Å². The molecule has 0 bridgehead atoms. The third kappa shape index (κ3) is 3.32. The van der Waals surface area contributed by atoms with Gasteiger partial charge < -0.3 is 19.2 Å². The number of carbonyl (C=O) groups is 1. The van der Waals surface area contributed by atoms with Gasteiger partial charge in [0.05, 0.1) is 13.7 Å².